The number of halogens is 2. The molecule has 130 valence electrons. The fourth-order valence-corrected chi connectivity index (χ4v) is 1.69. The molecule has 0 saturated heterocycles. The number of hydrazone groups is 1. The third kappa shape index (κ3) is 3.70. The number of nitrogens with one attached hydrogen (secondary N) is 1. The highest BCUT2D eigenvalue weighted by atomic mass is 19.3. The van der Waals surface area contributed by atoms with Crippen LogP contribution >= 0.6 is 0 Å². The molecule has 0 amide bonds. The Morgan fingerprint density at radius 2 is 1.88 bits per heavy atom. The van der Waals surface area contributed by atoms with Crippen molar-refractivity contribution in [1.29, 1.82) is 0 Å². The third-order valence-corrected chi connectivity index (χ3v) is 3.51. The second kappa shape index (κ2) is 6.69. The Labute approximate surface area is 136 Å². The molecule has 8 nitrogen and oxygen atoms in total. The zero-order valence-corrected chi connectivity index (χ0v) is 13.2. The first-order chi connectivity index (χ1) is 10.9. The van der Waals surface area contributed by atoms with Crippen molar-refractivity contribution in [2.24, 2.45) is 10.5 Å². The second-order valence-corrected chi connectivity index (χ2v) is 5.52. The van der Waals surface area contributed by atoms with E-state index in [4.69, 9.17) is 0 Å². The number of benzene rings is 1. The molecule has 0 saturated carbocycles. The number of alkyl halides is 2. The molecule has 0 radical (unpaired) electrons. The number of hydrogen-bond acceptors (Lipinski definition) is 6. The number of rotatable bonds is 7. The molecular weight excluding hydrogens is 326 g/mol. The molecule has 0 aliphatic carbocycles. The molecule has 10 heteroatoms. The fourth-order valence-electron chi connectivity index (χ4n) is 1.69. The molecule has 0 spiro atoms. The quantitative estimate of drug-likeness (QED) is 0.346. The molecule has 1 aromatic carbocycles. The Hall–Kier alpha value is -2.91. The smallest absolute Gasteiger partial charge is 0.272 e. The van der Waals surface area contributed by atoms with Gasteiger partial charge in [-0.3, -0.25) is 25.7 Å². The van der Waals surface area contributed by atoms with E-state index in [1.165, 1.54) is 13.8 Å². The highest BCUT2D eigenvalue weighted by molar-refractivity contribution is 5.90. The molecule has 1 N–H and O–H groups in total. The minimum absolute atomic E-state index is 0.239. The maximum absolute atomic E-state index is 14.3. The van der Waals surface area contributed by atoms with Gasteiger partial charge in [0, 0.05) is 6.07 Å². The monoisotopic (exact) mass is 342 g/mol. The molecule has 0 aliphatic heterocycles. The average Bonchev–Trinajstić information content (AvgIpc) is 2.51. The molecular formula is C14H16F2N4O4. The van der Waals surface area contributed by atoms with Gasteiger partial charge in [0.2, 0.25) is 0 Å². The van der Waals surface area contributed by atoms with Gasteiger partial charge in [-0.25, -0.2) is 0 Å². The van der Waals surface area contributed by atoms with Crippen LogP contribution in [0.1, 0.15) is 20.8 Å². The average molecular weight is 342 g/mol. The summed E-state index contributed by atoms with van der Waals surface area (Å²) < 4.78 is 28.5. The van der Waals surface area contributed by atoms with Gasteiger partial charge in [-0.2, -0.15) is 13.9 Å². The van der Waals surface area contributed by atoms with E-state index in [9.17, 15) is 29.0 Å². The summed E-state index contributed by atoms with van der Waals surface area (Å²) in [4.78, 5) is 20.0. The zero-order valence-electron chi connectivity index (χ0n) is 13.2. The Kier molecular flexibility index (Phi) is 5.33. The number of hydrogen-bond donors (Lipinski definition) is 1. The van der Waals surface area contributed by atoms with E-state index in [0.29, 0.717) is 0 Å². The highest BCUT2D eigenvalue weighted by Gasteiger charge is 2.47. The first-order valence-electron chi connectivity index (χ1n) is 6.69. The Morgan fingerprint density at radius 3 is 2.33 bits per heavy atom. The molecule has 1 aromatic rings. The van der Waals surface area contributed by atoms with Gasteiger partial charge in [-0.1, -0.05) is 19.9 Å². The molecule has 24 heavy (non-hydrogen) atoms. The second-order valence-electron chi connectivity index (χ2n) is 5.52. The van der Waals surface area contributed by atoms with Gasteiger partial charge in [-0.15, -0.1) is 6.58 Å². The molecule has 0 aliphatic rings. The van der Waals surface area contributed by atoms with E-state index in [2.05, 4.69) is 17.1 Å². The summed E-state index contributed by atoms with van der Waals surface area (Å²) in [5, 5.41) is 25.1. The summed E-state index contributed by atoms with van der Waals surface area (Å²) in [7, 11) is 0. The standard InChI is InChI=1S/C14H16F2N4O4/c1-5-13(3,4)14(15,16)9(2)17-18-11-7-6-10(19(21)22)8-12(11)20(23)24/h5-8,18H,1H2,2-4H3/b17-9+. The van der Waals surface area contributed by atoms with Gasteiger partial charge in [0.05, 0.1) is 21.3 Å². The predicted octanol–water partition coefficient (Wildman–Crippen LogP) is 4.14. The molecule has 0 unspecified atom stereocenters. The minimum Gasteiger partial charge on any atom is -0.272 e. The number of allylic oxidation sites excluding steroid dienone is 1. The van der Waals surface area contributed by atoms with E-state index in [1.807, 2.05) is 0 Å². The van der Waals surface area contributed by atoms with Crippen LogP contribution in [0.4, 0.5) is 25.8 Å². The van der Waals surface area contributed by atoms with Gasteiger partial charge < -0.3 is 0 Å². The van der Waals surface area contributed by atoms with E-state index in [0.717, 1.165) is 31.2 Å². The molecule has 0 fully saturated rings. The van der Waals surface area contributed by atoms with Crippen molar-refractivity contribution < 1.29 is 18.6 Å². The van der Waals surface area contributed by atoms with Crippen LogP contribution in [0.5, 0.6) is 0 Å². The van der Waals surface area contributed by atoms with Crippen LogP contribution < -0.4 is 5.43 Å². The van der Waals surface area contributed by atoms with Crippen LogP contribution in [0, 0.1) is 25.6 Å². The van der Waals surface area contributed by atoms with Crippen LogP contribution in [0.3, 0.4) is 0 Å². The Morgan fingerprint density at radius 1 is 1.29 bits per heavy atom. The maximum atomic E-state index is 14.3. The Bertz CT molecular complexity index is 717. The van der Waals surface area contributed by atoms with Crippen molar-refractivity contribution in [2.75, 3.05) is 5.43 Å². The van der Waals surface area contributed by atoms with Crippen molar-refractivity contribution in [1.82, 2.24) is 0 Å². The fraction of sp³-hybridized carbons (Fsp3) is 0.357. The van der Waals surface area contributed by atoms with Gasteiger partial charge in [0.25, 0.3) is 11.6 Å². The summed E-state index contributed by atoms with van der Waals surface area (Å²) >= 11 is 0. The Balaban J connectivity index is 3.20. The van der Waals surface area contributed by atoms with Gasteiger partial charge in [0.15, 0.2) is 0 Å². The highest BCUT2D eigenvalue weighted by Crippen LogP contribution is 2.38. The van der Waals surface area contributed by atoms with E-state index in [1.54, 1.807) is 0 Å². The maximum Gasteiger partial charge on any atom is 0.301 e. The van der Waals surface area contributed by atoms with Crippen molar-refractivity contribution in [3.05, 3.63) is 51.1 Å². The summed E-state index contributed by atoms with van der Waals surface area (Å²) in [6, 6.07) is 2.76. The number of non-ortho nitro benzene ring substituents is 1. The van der Waals surface area contributed by atoms with Crippen LogP contribution in [0.15, 0.2) is 36.0 Å². The predicted molar refractivity (Wildman–Crippen MR) is 85.4 cm³/mol. The lowest BCUT2D eigenvalue weighted by atomic mass is 9.83. The first kappa shape index (κ1) is 19.1. The van der Waals surface area contributed by atoms with Gasteiger partial charge in [0.1, 0.15) is 11.4 Å². The summed E-state index contributed by atoms with van der Waals surface area (Å²) in [5.41, 5.74) is -1.40. The van der Waals surface area contributed by atoms with E-state index >= 15 is 0 Å². The van der Waals surface area contributed by atoms with Crippen LogP contribution in [0.25, 0.3) is 0 Å². The summed E-state index contributed by atoms with van der Waals surface area (Å²) in [6.07, 6.45) is 1.08. The molecule has 0 bridgehead atoms. The number of anilines is 1. The minimum atomic E-state index is -3.35. The SMILES string of the molecule is C=CC(C)(C)C(F)(F)/C(C)=N/Nc1ccc([N+](=O)[O-])cc1[N+](=O)[O-]. The van der Waals surface area contributed by atoms with Crippen molar-refractivity contribution in [2.45, 2.75) is 26.7 Å². The van der Waals surface area contributed by atoms with Crippen molar-refractivity contribution >= 4 is 22.8 Å². The molecule has 0 atom stereocenters. The van der Waals surface area contributed by atoms with Crippen LogP contribution in [0.2, 0.25) is 0 Å². The summed E-state index contributed by atoms with van der Waals surface area (Å²) in [5.74, 6) is -3.35. The third-order valence-electron chi connectivity index (χ3n) is 3.51. The summed E-state index contributed by atoms with van der Waals surface area (Å²) in [6.45, 7) is 6.96. The van der Waals surface area contributed by atoms with Crippen LogP contribution in [-0.4, -0.2) is 21.5 Å². The van der Waals surface area contributed by atoms with Crippen molar-refractivity contribution in [3.8, 4) is 0 Å². The van der Waals surface area contributed by atoms with Gasteiger partial charge >= 0.3 is 5.69 Å². The lowest BCUT2D eigenvalue weighted by Gasteiger charge is -2.30. The largest absolute Gasteiger partial charge is 0.301 e. The van der Waals surface area contributed by atoms with Gasteiger partial charge in [-0.05, 0) is 13.0 Å². The van der Waals surface area contributed by atoms with Crippen molar-refractivity contribution in [3.63, 3.8) is 0 Å². The zero-order chi connectivity index (χ0) is 18.7. The molecule has 0 heterocycles. The number of nitrogens with zero attached hydrogens (tertiary/aromatic N) is 3. The lowest BCUT2D eigenvalue weighted by molar-refractivity contribution is -0.393. The lowest BCUT2D eigenvalue weighted by Crippen LogP contribution is -2.41. The van der Waals surface area contributed by atoms with E-state index < -0.39 is 38.3 Å². The number of nitro groups is 2. The topological polar surface area (TPSA) is 111 Å². The molecule has 0 aromatic heterocycles. The van der Waals surface area contributed by atoms with Crippen LogP contribution in [-0.2, 0) is 0 Å². The normalized spacial score (nSPS) is 12.6. The molecule has 1 rings (SSSR count). The van der Waals surface area contributed by atoms with E-state index in [-0.39, 0.29) is 5.69 Å². The first-order valence-corrected chi connectivity index (χ1v) is 6.69. The number of nitro benzene ring substituents is 2.